The molecular weight excluding hydrogens is 284 g/mol. The van der Waals surface area contributed by atoms with Crippen LogP contribution in [-0.2, 0) is 0 Å². The fourth-order valence-electron chi connectivity index (χ4n) is 1.72. The van der Waals surface area contributed by atoms with Gasteiger partial charge in [0.2, 0.25) is 5.95 Å². The van der Waals surface area contributed by atoms with E-state index in [-0.39, 0.29) is 5.95 Å². The number of nitrogens with two attached hydrogens (primary N) is 1. The second-order valence-electron chi connectivity index (χ2n) is 3.93. The largest absolute Gasteiger partial charge is 0.339 e. The lowest BCUT2D eigenvalue weighted by Crippen LogP contribution is -2.11. The van der Waals surface area contributed by atoms with Crippen LogP contribution >= 0.6 is 11.3 Å². The van der Waals surface area contributed by atoms with Crippen molar-refractivity contribution in [3.8, 4) is 0 Å². The SMILES string of the molecule is NNc1nc(Nc2ccc(F)c(F)c2)c2sccc2n1. The van der Waals surface area contributed by atoms with Crippen LogP contribution in [0.15, 0.2) is 29.6 Å². The molecule has 1 aromatic carbocycles. The highest BCUT2D eigenvalue weighted by Gasteiger charge is 2.10. The topological polar surface area (TPSA) is 75.9 Å². The molecule has 5 nitrogen and oxygen atoms in total. The Balaban J connectivity index is 2.04. The van der Waals surface area contributed by atoms with E-state index in [1.165, 1.54) is 17.4 Å². The van der Waals surface area contributed by atoms with Gasteiger partial charge < -0.3 is 5.32 Å². The third-order valence-electron chi connectivity index (χ3n) is 2.62. The summed E-state index contributed by atoms with van der Waals surface area (Å²) in [5.74, 6) is 4.19. The Morgan fingerprint density at radius 3 is 2.70 bits per heavy atom. The van der Waals surface area contributed by atoms with Gasteiger partial charge in [0.1, 0.15) is 0 Å². The van der Waals surface area contributed by atoms with Gasteiger partial charge in [0.15, 0.2) is 17.5 Å². The van der Waals surface area contributed by atoms with Crippen molar-refractivity contribution in [3.05, 3.63) is 41.3 Å². The second-order valence-corrected chi connectivity index (χ2v) is 4.85. The number of thiophene rings is 1. The minimum absolute atomic E-state index is 0.237. The van der Waals surface area contributed by atoms with E-state index in [9.17, 15) is 8.78 Å². The van der Waals surface area contributed by atoms with Crippen LogP contribution in [0.1, 0.15) is 0 Å². The first-order chi connectivity index (χ1) is 9.67. The smallest absolute Gasteiger partial charge is 0.239 e. The number of hydrazine groups is 1. The molecule has 20 heavy (non-hydrogen) atoms. The summed E-state index contributed by atoms with van der Waals surface area (Å²) in [5, 5.41) is 4.79. The molecule has 0 saturated heterocycles. The van der Waals surface area contributed by atoms with E-state index in [2.05, 4.69) is 20.7 Å². The van der Waals surface area contributed by atoms with E-state index < -0.39 is 11.6 Å². The highest BCUT2D eigenvalue weighted by molar-refractivity contribution is 7.17. The van der Waals surface area contributed by atoms with Gasteiger partial charge in [-0.3, -0.25) is 5.43 Å². The maximum Gasteiger partial charge on any atom is 0.239 e. The number of aromatic nitrogens is 2. The van der Waals surface area contributed by atoms with Crippen molar-refractivity contribution in [1.82, 2.24) is 9.97 Å². The summed E-state index contributed by atoms with van der Waals surface area (Å²) >= 11 is 1.44. The number of hydrogen-bond acceptors (Lipinski definition) is 6. The van der Waals surface area contributed by atoms with Gasteiger partial charge in [-0.05, 0) is 23.6 Å². The summed E-state index contributed by atoms with van der Waals surface area (Å²) in [6.45, 7) is 0. The lowest BCUT2D eigenvalue weighted by molar-refractivity contribution is 0.509. The van der Waals surface area contributed by atoms with Gasteiger partial charge in [-0.1, -0.05) is 0 Å². The maximum absolute atomic E-state index is 13.2. The molecule has 3 rings (SSSR count). The van der Waals surface area contributed by atoms with Crippen molar-refractivity contribution in [2.75, 3.05) is 10.7 Å². The Hall–Kier alpha value is -2.32. The van der Waals surface area contributed by atoms with Crippen LogP contribution in [0, 0.1) is 11.6 Å². The van der Waals surface area contributed by atoms with Gasteiger partial charge in [-0.2, -0.15) is 4.98 Å². The molecule has 0 spiro atoms. The van der Waals surface area contributed by atoms with Crippen molar-refractivity contribution in [1.29, 1.82) is 0 Å². The van der Waals surface area contributed by atoms with E-state index in [1.54, 1.807) is 0 Å². The van der Waals surface area contributed by atoms with Gasteiger partial charge in [0, 0.05) is 11.8 Å². The van der Waals surface area contributed by atoms with Crippen molar-refractivity contribution in [2.45, 2.75) is 0 Å². The maximum atomic E-state index is 13.2. The normalized spacial score (nSPS) is 10.8. The summed E-state index contributed by atoms with van der Waals surface area (Å²) in [5.41, 5.74) is 3.46. The summed E-state index contributed by atoms with van der Waals surface area (Å²) < 4.78 is 26.9. The number of fused-ring (bicyclic) bond motifs is 1. The third kappa shape index (κ3) is 2.26. The van der Waals surface area contributed by atoms with Gasteiger partial charge in [0.25, 0.3) is 0 Å². The molecule has 102 valence electrons. The number of nitrogens with zero attached hydrogens (tertiary/aromatic N) is 2. The first-order valence-corrected chi connectivity index (χ1v) is 6.49. The quantitative estimate of drug-likeness (QED) is 0.511. The first kappa shape index (κ1) is 12.7. The summed E-state index contributed by atoms with van der Waals surface area (Å²) in [6.07, 6.45) is 0. The number of hydrogen-bond donors (Lipinski definition) is 3. The molecule has 0 saturated carbocycles. The summed E-state index contributed by atoms with van der Waals surface area (Å²) in [6, 6.07) is 5.35. The second kappa shape index (κ2) is 4.99. The molecule has 2 heterocycles. The fraction of sp³-hybridized carbons (Fsp3) is 0. The zero-order valence-corrected chi connectivity index (χ0v) is 10.8. The highest BCUT2D eigenvalue weighted by atomic mass is 32.1. The molecule has 8 heteroatoms. The van der Waals surface area contributed by atoms with Gasteiger partial charge in [-0.25, -0.2) is 19.6 Å². The highest BCUT2D eigenvalue weighted by Crippen LogP contribution is 2.29. The standard InChI is InChI=1S/C12H9F2N5S/c13-7-2-1-6(5-8(7)14)16-11-10-9(3-4-20-10)17-12(18-11)19-15/h1-5H,15H2,(H2,16,17,18,19). The number of halogens is 2. The average Bonchev–Trinajstić information content (AvgIpc) is 2.91. The molecular formula is C12H9F2N5S. The Morgan fingerprint density at radius 2 is 1.95 bits per heavy atom. The molecule has 0 aliphatic rings. The molecule has 0 aliphatic heterocycles. The molecule has 0 unspecified atom stereocenters. The van der Waals surface area contributed by atoms with Crippen LogP contribution in [0.25, 0.3) is 10.2 Å². The number of rotatable bonds is 3. The van der Waals surface area contributed by atoms with Crippen LogP contribution < -0.4 is 16.6 Å². The van der Waals surface area contributed by atoms with Crippen molar-refractivity contribution < 1.29 is 8.78 Å². The molecule has 4 N–H and O–H groups in total. The predicted octanol–water partition coefficient (Wildman–Crippen LogP) is 3.00. The molecule has 0 bridgehead atoms. The van der Waals surface area contributed by atoms with Crippen LogP contribution in [-0.4, -0.2) is 9.97 Å². The van der Waals surface area contributed by atoms with E-state index in [1.807, 2.05) is 11.4 Å². The molecule has 0 radical (unpaired) electrons. The zero-order valence-electron chi connectivity index (χ0n) is 10.0. The van der Waals surface area contributed by atoms with Crippen molar-refractivity contribution in [3.63, 3.8) is 0 Å². The van der Waals surface area contributed by atoms with Gasteiger partial charge >= 0.3 is 0 Å². The zero-order chi connectivity index (χ0) is 14.1. The lowest BCUT2D eigenvalue weighted by Gasteiger charge is -2.08. The van der Waals surface area contributed by atoms with Crippen LogP contribution in [0.5, 0.6) is 0 Å². The Kier molecular flexibility index (Phi) is 3.17. The molecule has 0 amide bonds. The van der Waals surface area contributed by atoms with Crippen LogP contribution in [0.4, 0.5) is 26.2 Å². The minimum Gasteiger partial charge on any atom is -0.339 e. The lowest BCUT2D eigenvalue weighted by atomic mass is 10.3. The van der Waals surface area contributed by atoms with Crippen LogP contribution in [0.3, 0.4) is 0 Å². The number of benzene rings is 1. The molecule has 2 aromatic heterocycles. The van der Waals surface area contributed by atoms with E-state index in [4.69, 9.17) is 5.84 Å². The Labute approximate surface area is 116 Å². The van der Waals surface area contributed by atoms with Crippen molar-refractivity contribution >= 4 is 39.0 Å². The average molecular weight is 293 g/mol. The van der Waals surface area contributed by atoms with E-state index in [0.29, 0.717) is 17.0 Å². The predicted molar refractivity (Wildman–Crippen MR) is 74.9 cm³/mol. The Bertz CT molecular complexity index is 774. The number of nitrogen functional groups attached to an aromatic ring is 1. The molecule has 3 aromatic rings. The first-order valence-electron chi connectivity index (χ1n) is 5.61. The molecule has 0 atom stereocenters. The Morgan fingerprint density at radius 1 is 1.10 bits per heavy atom. The fourth-order valence-corrected chi connectivity index (χ4v) is 2.50. The van der Waals surface area contributed by atoms with Gasteiger partial charge in [0.05, 0.1) is 10.2 Å². The van der Waals surface area contributed by atoms with E-state index >= 15 is 0 Å². The molecule has 0 fully saturated rings. The van der Waals surface area contributed by atoms with Crippen molar-refractivity contribution in [2.24, 2.45) is 5.84 Å². The van der Waals surface area contributed by atoms with Crippen LogP contribution in [0.2, 0.25) is 0 Å². The van der Waals surface area contributed by atoms with E-state index in [0.717, 1.165) is 16.8 Å². The van der Waals surface area contributed by atoms with Gasteiger partial charge in [-0.15, -0.1) is 11.3 Å². The minimum atomic E-state index is -0.927. The molecule has 0 aliphatic carbocycles. The summed E-state index contributed by atoms with van der Waals surface area (Å²) in [7, 11) is 0. The monoisotopic (exact) mass is 293 g/mol. The summed E-state index contributed by atoms with van der Waals surface area (Å²) in [4.78, 5) is 8.35. The number of nitrogens with one attached hydrogen (secondary N) is 2. The third-order valence-corrected chi connectivity index (χ3v) is 3.53. The number of anilines is 3.